The molecule has 74 valence electrons. The van der Waals surface area contributed by atoms with Crippen molar-refractivity contribution in [2.75, 3.05) is 0 Å². The van der Waals surface area contributed by atoms with E-state index in [9.17, 15) is 0 Å². The Morgan fingerprint density at radius 2 is 2.21 bits per heavy atom. The van der Waals surface area contributed by atoms with Gasteiger partial charge in [0.2, 0.25) is 0 Å². The Morgan fingerprint density at radius 1 is 1.43 bits per heavy atom. The molecular formula is C12H14ClN. The highest BCUT2D eigenvalue weighted by Crippen LogP contribution is 2.40. The topological polar surface area (TPSA) is 12.4 Å². The molecule has 0 amide bonds. The number of rotatable bonds is 2. The highest BCUT2D eigenvalue weighted by atomic mass is 35.5. The van der Waals surface area contributed by atoms with Crippen molar-refractivity contribution in [3.05, 3.63) is 28.8 Å². The van der Waals surface area contributed by atoms with Crippen LogP contribution in [0.25, 0.3) is 0 Å². The number of aliphatic imine (C=N–C) groups is 1. The van der Waals surface area contributed by atoms with Gasteiger partial charge in [0.05, 0.1) is 5.69 Å². The highest BCUT2D eigenvalue weighted by Gasteiger charge is 2.30. The van der Waals surface area contributed by atoms with Crippen LogP contribution in [0, 0.1) is 0 Å². The first kappa shape index (κ1) is 9.72. The summed E-state index contributed by atoms with van der Waals surface area (Å²) in [5.74, 6) is 0. The van der Waals surface area contributed by atoms with Crippen LogP contribution in [0.15, 0.2) is 23.2 Å². The van der Waals surface area contributed by atoms with Crippen molar-refractivity contribution in [3.63, 3.8) is 0 Å². The van der Waals surface area contributed by atoms with Gasteiger partial charge in [0.1, 0.15) is 0 Å². The van der Waals surface area contributed by atoms with E-state index in [2.05, 4.69) is 25.1 Å². The largest absolute Gasteiger partial charge is 0.260 e. The zero-order valence-corrected chi connectivity index (χ0v) is 9.30. The zero-order valence-electron chi connectivity index (χ0n) is 8.55. The summed E-state index contributed by atoms with van der Waals surface area (Å²) in [4.78, 5) is 4.43. The van der Waals surface area contributed by atoms with Crippen molar-refractivity contribution in [2.45, 2.75) is 32.1 Å². The molecule has 0 spiro atoms. The summed E-state index contributed by atoms with van der Waals surface area (Å²) in [7, 11) is 0. The molecule has 1 aliphatic heterocycles. The lowest BCUT2D eigenvalue weighted by atomic mass is 9.81. The standard InChI is InChI=1S/C12H14ClN/c1-3-6-12(2)8-14-11-5-4-9(13)7-10(11)12/h4-5,7-8H,3,6H2,1-2H3. The molecule has 14 heavy (non-hydrogen) atoms. The van der Waals surface area contributed by atoms with Crippen LogP contribution in [-0.2, 0) is 5.41 Å². The van der Waals surface area contributed by atoms with Gasteiger partial charge in [-0.3, -0.25) is 4.99 Å². The van der Waals surface area contributed by atoms with Gasteiger partial charge in [-0.1, -0.05) is 31.9 Å². The minimum atomic E-state index is 0.0922. The molecular weight excluding hydrogens is 194 g/mol. The predicted molar refractivity (Wildman–Crippen MR) is 61.9 cm³/mol. The fourth-order valence-electron chi connectivity index (χ4n) is 2.08. The molecule has 1 unspecified atom stereocenters. The maximum Gasteiger partial charge on any atom is 0.0668 e. The second-order valence-corrected chi connectivity index (χ2v) is 4.52. The minimum Gasteiger partial charge on any atom is -0.260 e. The van der Waals surface area contributed by atoms with Crippen molar-refractivity contribution in [2.24, 2.45) is 4.99 Å². The van der Waals surface area contributed by atoms with Crippen LogP contribution < -0.4 is 0 Å². The van der Waals surface area contributed by atoms with E-state index in [4.69, 9.17) is 11.6 Å². The molecule has 0 aliphatic carbocycles. The molecule has 1 heterocycles. The molecule has 1 aromatic rings. The van der Waals surface area contributed by atoms with Crippen molar-refractivity contribution in [3.8, 4) is 0 Å². The number of hydrogen-bond acceptors (Lipinski definition) is 1. The van der Waals surface area contributed by atoms with Crippen molar-refractivity contribution in [1.82, 2.24) is 0 Å². The fourth-order valence-corrected chi connectivity index (χ4v) is 2.25. The summed E-state index contributed by atoms with van der Waals surface area (Å²) in [6.07, 6.45) is 4.34. The monoisotopic (exact) mass is 207 g/mol. The summed E-state index contributed by atoms with van der Waals surface area (Å²) in [6.45, 7) is 4.42. The van der Waals surface area contributed by atoms with Gasteiger partial charge in [0, 0.05) is 16.7 Å². The van der Waals surface area contributed by atoms with Crippen LogP contribution in [0.1, 0.15) is 32.3 Å². The van der Waals surface area contributed by atoms with Crippen LogP contribution in [0.2, 0.25) is 5.02 Å². The van der Waals surface area contributed by atoms with E-state index in [0.29, 0.717) is 0 Å². The number of benzene rings is 1. The van der Waals surface area contributed by atoms with Gasteiger partial charge < -0.3 is 0 Å². The average molecular weight is 208 g/mol. The quantitative estimate of drug-likeness (QED) is 0.692. The molecule has 1 atom stereocenters. The first-order valence-electron chi connectivity index (χ1n) is 5.01. The Kier molecular flexibility index (Phi) is 2.36. The molecule has 1 nitrogen and oxygen atoms in total. The lowest BCUT2D eigenvalue weighted by Gasteiger charge is -2.21. The van der Waals surface area contributed by atoms with E-state index in [1.807, 2.05) is 18.2 Å². The van der Waals surface area contributed by atoms with Gasteiger partial charge >= 0.3 is 0 Å². The summed E-state index contributed by atoms with van der Waals surface area (Å²) < 4.78 is 0. The van der Waals surface area contributed by atoms with Crippen molar-refractivity contribution < 1.29 is 0 Å². The van der Waals surface area contributed by atoms with E-state index in [-0.39, 0.29) is 5.41 Å². The molecule has 0 aromatic heterocycles. The van der Waals surface area contributed by atoms with Gasteiger partial charge in [-0.05, 0) is 30.2 Å². The maximum absolute atomic E-state index is 6.00. The van der Waals surface area contributed by atoms with Crippen LogP contribution in [0.3, 0.4) is 0 Å². The Hall–Kier alpha value is -0.820. The minimum absolute atomic E-state index is 0.0922. The summed E-state index contributed by atoms with van der Waals surface area (Å²) in [5, 5.41) is 0.802. The highest BCUT2D eigenvalue weighted by molar-refractivity contribution is 6.30. The van der Waals surface area contributed by atoms with Crippen molar-refractivity contribution >= 4 is 23.5 Å². The third kappa shape index (κ3) is 1.46. The molecule has 2 rings (SSSR count). The van der Waals surface area contributed by atoms with Crippen LogP contribution >= 0.6 is 11.6 Å². The summed E-state index contributed by atoms with van der Waals surface area (Å²) >= 11 is 6.00. The molecule has 2 heteroatoms. The average Bonchev–Trinajstić information content (AvgIpc) is 2.45. The second kappa shape index (κ2) is 3.39. The van der Waals surface area contributed by atoms with Crippen LogP contribution in [-0.4, -0.2) is 6.21 Å². The van der Waals surface area contributed by atoms with Gasteiger partial charge in [0.15, 0.2) is 0 Å². The van der Waals surface area contributed by atoms with Gasteiger partial charge in [0.25, 0.3) is 0 Å². The number of fused-ring (bicyclic) bond motifs is 1. The zero-order chi connectivity index (χ0) is 10.2. The summed E-state index contributed by atoms with van der Waals surface area (Å²) in [6, 6.07) is 5.93. The van der Waals surface area contributed by atoms with Crippen LogP contribution in [0.5, 0.6) is 0 Å². The SMILES string of the molecule is CCCC1(C)C=Nc2ccc(Cl)cc21. The van der Waals surface area contributed by atoms with E-state index in [0.717, 1.165) is 23.6 Å². The smallest absolute Gasteiger partial charge is 0.0668 e. The Morgan fingerprint density at radius 3 is 2.93 bits per heavy atom. The second-order valence-electron chi connectivity index (χ2n) is 4.09. The molecule has 0 N–H and O–H groups in total. The predicted octanol–water partition coefficient (Wildman–Crippen LogP) is 4.11. The molecule has 0 radical (unpaired) electrons. The van der Waals surface area contributed by atoms with E-state index in [1.54, 1.807) is 0 Å². The molecule has 0 saturated heterocycles. The molecule has 0 bridgehead atoms. The lowest BCUT2D eigenvalue weighted by Crippen LogP contribution is -2.20. The van der Waals surface area contributed by atoms with E-state index in [1.165, 1.54) is 5.56 Å². The van der Waals surface area contributed by atoms with Crippen molar-refractivity contribution in [1.29, 1.82) is 0 Å². The molecule has 0 saturated carbocycles. The van der Waals surface area contributed by atoms with Gasteiger partial charge in [-0.25, -0.2) is 0 Å². The lowest BCUT2D eigenvalue weighted by molar-refractivity contribution is 0.586. The number of halogens is 1. The Balaban J connectivity index is 2.46. The maximum atomic E-state index is 6.00. The normalized spacial score (nSPS) is 23.9. The molecule has 1 aromatic carbocycles. The first-order valence-corrected chi connectivity index (χ1v) is 5.39. The van der Waals surface area contributed by atoms with Gasteiger partial charge in [-0.15, -0.1) is 0 Å². The third-order valence-electron chi connectivity index (χ3n) is 2.83. The van der Waals surface area contributed by atoms with E-state index >= 15 is 0 Å². The first-order chi connectivity index (χ1) is 6.65. The molecule has 0 fully saturated rings. The van der Waals surface area contributed by atoms with Crippen LogP contribution in [0.4, 0.5) is 5.69 Å². The summed E-state index contributed by atoms with van der Waals surface area (Å²) in [5.41, 5.74) is 2.44. The number of hydrogen-bond donors (Lipinski definition) is 0. The van der Waals surface area contributed by atoms with E-state index < -0.39 is 0 Å². The molecule has 1 aliphatic rings. The Bertz CT molecular complexity index is 384. The third-order valence-corrected chi connectivity index (χ3v) is 3.07. The number of nitrogens with zero attached hydrogens (tertiary/aromatic N) is 1. The Labute approximate surface area is 89.8 Å². The van der Waals surface area contributed by atoms with Gasteiger partial charge in [-0.2, -0.15) is 0 Å². The fraction of sp³-hybridized carbons (Fsp3) is 0.417.